The molecule has 3 nitrogen and oxygen atoms in total. The summed E-state index contributed by atoms with van der Waals surface area (Å²) < 4.78 is 5.52. The van der Waals surface area contributed by atoms with Crippen LogP contribution >= 0.6 is 22.9 Å². The molecule has 1 aromatic carbocycles. The van der Waals surface area contributed by atoms with Crippen molar-refractivity contribution in [1.29, 1.82) is 0 Å². The Bertz CT molecular complexity index is 706. The van der Waals surface area contributed by atoms with Gasteiger partial charge in [-0.25, -0.2) is 0 Å². The number of carbonyl (C=O) groups excluding carboxylic acids is 1. The minimum absolute atomic E-state index is 0.0729. The van der Waals surface area contributed by atoms with Crippen LogP contribution in [-0.2, 0) is 14.9 Å². The molecule has 0 atom stereocenters. The molecule has 0 spiro atoms. The fraction of sp³-hybridized carbons (Fsp3) is 0.316. The van der Waals surface area contributed by atoms with Gasteiger partial charge in [-0.3, -0.25) is 4.79 Å². The van der Waals surface area contributed by atoms with Crippen molar-refractivity contribution >= 4 is 34.9 Å². The summed E-state index contributed by atoms with van der Waals surface area (Å²) in [7, 11) is 0. The van der Waals surface area contributed by atoms with Crippen LogP contribution in [0.15, 0.2) is 47.9 Å². The summed E-state index contributed by atoms with van der Waals surface area (Å²) in [6.07, 6.45) is 5.19. The lowest BCUT2D eigenvalue weighted by molar-refractivity contribution is -0.116. The first kappa shape index (κ1) is 17.2. The zero-order valence-electron chi connectivity index (χ0n) is 13.3. The molecule has 5 heteroatoms. The van der Waals surface area contributed by atoms with E-state index in [-0.39, 0.29) is 11.3 Å². The molecular formula is C19H20ClNO2S. The average molecular weight is 362 g/mol. The van der Waals surface area contributed by atoms with E-state index >= 15 is 0 Å². The van der Waals surface area contributed by atoms with Gasteiger partial charge in [-0.1, -0.05) is 29.8 Å². The molecule has 126 valence electrons. The summed E-state index contributed by atoms with van der Waals surface area (Å²) in [4.78, 5) is 13.2. The van der Waals surface area contributed by atoms with Crippen LogP contribution in [0.4, 0.5) is 0 Å². The molecule has 0 bridgehead atoms. The molecule has 1 fully saturated rings. The summed E-state index contributed by atoms with van der Waals surface area (Å²) >= 11 is 7.78. The number of thiophene rings is 1. The van der Waals surface area contributed by atoms with Gasteiger partial charge in [0.05, 0.1) is 0 Å². The maximum atomic E-state index is 12.2. The third kappa shape index (κ3) is 4.26. The smallest absolute Gasteiger partial charge is 0.244 e. The van der Waals surface area contributed by atoms with Crippen molar-refractivity contribution in [3.05, 3.63) is 63.3 Å². The number of rotatable bonds is 5. The maximum Gasteiger partial charge on any atom is 0.244 e. The number of benzene rings is 1. The Kier molecular flexibility index (Phi) is 5.72. The first-order valence-electron chi connectivity index (χ1n) is 8.01. The molecule has 2 heterocycles. The van der Waals surface area contributed by atoms with Crippen LogP contribution in [0.1, 0.15) is 23.3 Å². The molecule has 0 saturated carbocycles. The van der Waals surface area contributed by atoms with Crippen molar-refractivity contribution in [1.82, 2.24) is 5.32 Å². The Morgan fingerprint density at radius 3 is 2.83 bits per heavy atom. The second-order valence-electron chi connectivity index (χ2n) is 5.97. The van der Waals surface area contributed by atoms with Gasteiger partial charge in [0.15, 0.2) is 0 Å². The Hall–Kier alpha value is -1.62. The SMILES string of the molecule is O=C(/C=C/c1cccs1)NCC1(c2cccc(Cl)c2)CCOCC1. The third-order valence-electron chi connectivity index (χ3n) is 4.43. The number of hydrogen-bond acceptors (Lipinski definition) is 3. The monoisotopic (exact) mass is 361 g/mol. The molecular weight excluding hydrogens is 342 g/mol. The highest BCUT2D eigenvalue weighted by molar-refractivity contribution is 7.10. The lowest BCUT2D eigenvalue weighted by Gasteiger charge is -2.38. The standard InChI is InChI=1S/C19H20ClNO2S/c20-16-4-1-3-15(13-16)19(8-10-23-11-9-19)14-21-18(22)7-6-17-5-2-12-24-17/h1-7,12-13H,8-11,14H2,(H,21,22)/b7-6+. The predicted molar refractivity (Wildman–Crippen MR) is 99.5 cm³/mol. The van der Waals surface area contributed by atoms with E-state index in [9.17, 15) is 4.79 Å². The van der Waals surface area contributed by atoms with Gasteiger partial charge in [0.2, 0.25) is 5.91 Å². The second kappa shape index (κ2) is 7.97. The summed E-state index contributed by atoms with van der Waals surface area (Å²) in [6.45, 7) is 1.99. The minimum atomic E-state index is -0.115. The highest BCUT2D eigenvalue weighted by atomic mass is 35.5. The molecule has 1 aliphatic rings. The molecule has 24 heavy (non-hydrogen) atoms. The van der Waals surface area contributed by atoms with E-state index in [1.165, 1.54) is 5.56 Å². The van der Waals surface area contributed by atoms with Crippen LogP contribution < -0.4 is 5.32 Å². The summed E-state index contributed by atoms with van der Waals surface area (Å²) in [5.74, 6) is -0.0729. The highest BCUT2D eigenvalue weighted by Gasteiger charge is 2.34. The van der Waals surface area contributed by atoms with E-state index in [1.54, 1.807) is 17.4 Å². The molecule has 1 amide bonds. The van der Waals surface area contributed by atoms with Crippen LogP contribution in [0.3, 0.4) is 0 Å². The maximum absolute atomic E-state index is 12.2. The van der Waals surface area contributed by atoms with Crippen LogP contribution in [0.2, 0.25) is 5.02 Å². The summed E-state index contributed by atoms with van der Waals surface area (Å²) in [5.41, 5.74) is 1.05. The van der Waals surface area contributed by atoms with E-state index in [2.05, 4.69) is 11.4 Å². The number of carbonyl (C=O) groups is 1. The topological polar surface area (TPSA) is 38.3 Å². The summed E-state index contributed by atoms with van der Waals surface area (Å²) in [6, 6.07) is 11.9. The van der Waals surface area contributed by atoms with Gasteiger partial charge in [-0.15, -0.1) is 11.3 Å². The number of halogens is 1. The molecule has 0 aliphatic carbocycles. The average Bonchev–Trinajstić information content (AvgIpc) is 3.12. The molecule has 1 N–H and O–H groups in total. The van der Waals surface area contributed by atoms with Crippen molar-refractivity contribution in [3.63, 3.8) is 0 Å². The fourth-order valence-electron chi connectivity index (χ4n) is 3.01. The lowest BCUT2D eigenvalue weighted by atomic mass is 9.74. The van der Waals surface area contributed by atoms with Gasteiger partial charge in [0, 0.05) is 41.1 Å². The van der Waals surface area contributed by atoms with Gasteiger partial charge < -0.3 is 10.1 Å². The van der Waals surface area contributed by atoms with Gasteiger partial charge in [-0.2, -0.15) is 0 Å². The zero-order valence-corrected chi connectivity index (χ0v) is 14.9. The van der Waals surface area contributed by atoms with Crippen molar-refractivity contribution in [2.24, 2.45) is 0 Å². The number of hydrogen-bond donors (Lipinski definition) is 1. The number of amides is 1. The zero-order chi connectivity index (χ0) is 16.8. The predicted octanol–water partition coefficient (Wildman–Crippen LogP) is 4.28. The largest absolute Gasteiger partial charge is 0.381 e. The Morgan fingerprint density at radius 2 is 2.12 bits per heavy atom. The lowest BCUT2D eigenvalue weighted by Crippen LogP contribution is -2.44. The van der Waals surface area contributed by atoms with E-state index < -0.39 is 0 Å². The number of nitrogens with one attached hydrogen (secondary N) is 1. The Balaban J connectivity index is 1.69. The van der Waals surface area contributed by atoms with E-state index in [0.717, 1.165) is 22.7 Å². The van der Waals surface area contributed by atoms with Crippen LogP contribution in [0.25, 0.3) is 6.08 Å². The van der Waals surface area contributed by atoms with Gasteiger partial charge in [0.1, 0.15) is 0 Å². The molecule has 3 rings (SSSR count). The summed E-state index contributed by atoms with van der Waals surface area (Å²) in [5, 5.41) is 5.77. The quantitative estimate of drug-likeness (QED) is 0.807. The van der Waals surface area contributed by atoms with Crippen LogP contribution in [-0.4, -0.2) is 25.7 Å². The van der Waals surface area contributed by atoms with E-state index in [1.807, 2.05) is 41.8 Å². The molecule has 0 radical (unpaired) electrons. The van der Waals surface area contributed by atoms with Gasteiger partial charge in [0.25, 0.3) is 0 Å². The first-order chi connectivity index (χ1) is 11.7. The van der Waals surface area contributed by atoms with Crippen molar-refractivity contribution in [2.75, 3.05) is 19.8 Å². The van der Waals surface area contributed by atoms with Gasteiger partial charge >= 0.3 is 0 Å². The van der Waals surface area contributed by atoms with Crippen molar-refractivity contribution < 1.29 is 9.53 Å². The normalized spacial score (nSPS) is 17.0. The molecule has 1 aromatic heterocycles. The van der Waals surface area contributed by atoms with E-state index in [4.69, 9.17) is 16.3 Å². The highest BCUT2D eigenvalue weighted by Crippen LogP contribution is 2.35. The van der Waals surface area contributed by atoms with Crippen molar-refractivity contribution in [3.8, 4) is 0 Å². The molecule has 0 unspecified atom stereocenters. The fourth-order valence-corrected chi connectivity index (χ4v) is 3.82. The number of ether oxygens (including phenoxy) is 1. The first-order valence-corrected chi connectivity index (χ1v) is 9.27. The minimum Gasteiger partial charge on any atom is -0.381 e. The molecule has 1 aliphatic heterocycles. The van der Waals surface area contributed by atoms with Crippen molar-refractivity contribution in [2.45, 2.75) is 18.3 Å². The Labute approximate surface area is 151 Å². The van der Waals surface area contributed by atoms with E-state index in [0.29, 0.717) is 19.8 Å². The molecule has 2 aromatic rings. The van der Waals surface area contributed by atoms with Crippen LogP contribution in [0.5, 0.6) is 0 Å². The van der Waals surface area contributed by atoms with Crippen LogP contribution in [0, 0.1) is 0 Å². The molecule has 1 saturated heterocycles. The third-order valence-corrected chi connectivity index (χ3v) is 5.50. The Morgan fingerprint density at radius 1 is 1.29 bits per heavy atom. The van der Waals surface area contributed by atoms with Gasteiger partial charge in [-0.05, 0) is 48.1 Å². The second-order valence-corrected chi connectivity index (χ2v) is 7.39.